The predicted molar refractivity (Wildman–Crippen MR) is 81.4 cm³/mol. The Morgan fingerprint density at radius 3 is 2.48 bits per heavy atom. The number of rotatable bonds is 3. The van der Waals surface area contributed by atoms with Crippen molar-refractivity contribution in [1.82, 2.24) is 0 Å². The molecule has 3 rings (SSSR count). The van der Waals surface area contributed by atoms with Gasteiger partial charge in [-0.3, -0.25) is 0 Å². The molecule has 0 fully saturated rings. The molecule has 2 N–H and O–H groups in total. The number of fused-ring (bicyclic) bond motifs is 1. The van der Waals surface area contributed by atoms with E-state index in [9.17, 15) is 4.39 Å². The lowest BCUT2D eigenvalue weighted by Crippen LogP contribution is -1.96. The Morgan fingerprint density at radius 2 is 1.67 bits per heavy atom. The molecule has 0 heterocycles. The summed E-state index contributed by atoms with van der Waals surface area (Å²) in [6.07, 6.45) is 0. The zero-order valence-electron chi connectivity index (χ0n) is 11.5. The standard InChI is InChI=1S/C17H14FNO2/c1-20-16-10-17(14(19)9-13(16)18)21-15-8-4-6-11-5-2-3-7-12(11)15/h2-10H,19H2,1H3. The van der Waals surface area contributed by atoms with Gasteiger partial charge in [-0.25, -0.2) is 4.39 Å². The van der Waals surface area contributed by atoms with Gasteiger partial charge in [-0.05, 0) is 11.5 Å². The minimum atomic E-state index is -0.514. The summed E-state index contributed by atoms with van der Waals surface area (Å²) in [5.74, 6) is 0.609. The average Bonchev–Trinajstić information content (AvgIpc) is 2.50. The number of nitrogen functional groups attached to an aromatic ring is 1. The van der Waals surface area contributed by atoms with Crippen LogP contribution in [-0.2, 0) is 0 Å². The van der Waals surface area contributed by atoms with Gasteiger partial charge < -0.3 is 15.2 Å². The Kier molecular flexibility index (Phi) is 3.36. The molecule has 106 valence electrons. The second kappa shape index (κ2) is 5.32. The van der Waals surface area contributed by atoms with Crippen molar-refractivity contribution in [3.05, 3.63) is 60.4 Å². The van der Waals surface area contributed by atoms with E-state index < -0.39 is 5.82 Å². The molecule has 3 aromatic rings. The SMILES string of the molecule is COc1cc(Oc2cccc3ccccc23)c(N)cc1F. The first-order valence-electron chi connectivity index (χ1n) is 6.47. The highest BCUT2D eigenvalue weighted by atomic mass is 19.1. The molecule has 4 heteroatoms. The van der Waals surface area contributed by atoms with Crippen LogP contribution in [0.5, 0.6) is 17.2 Å². The number of hydrogen-bond donors (Lipinski definition) is 1. The number of ether oxygens (including phenoxy) is 2. The molecular formula is C17H14FNO2. The van der Waals surface area contributed by atoms with Crippen LogP contribution in [0.1, 0.15) is 0 Å². The third-order valence-electron chi connectivity index (χ3n) is 3.25. The van der Waals surface area contributed by atoms with Gasteiger partial charge in [0.25, 0.3) is 0 Å². The van der Waals surface area contributed by atoms with Crippen LogP contribution >= 0.6 is 0 Å². The van der Waals surface area contributed by atoms with Crippen molar-refractivity contribution in [1.29, 1.82) is 0 Å². The van der Waals surface area contributed by atoms with Crippen molar-refractivity contribution in [3.8, 4) is 17.2 Å². The van der Waals surface area contributed by atoms with Crippen LogP contribution in [0.15, 0.2) is 54.6 Å². The lowest BCUT2D eigenvalue weighted by molar-refractivity contribution is 0.382. The fourth-order valence-corrected chi connectivity index (χ4v) is 2.20. The Hall–Kier alpha value is -2.75. The minimum absolute atomic E-state index is 0.0967. The quantitative estimate of drug-likeness (QED) is 0.726. The van der Waals surface area contributed by atoms with E-state index in [-0.39, 0.29) is 11.4 Å². The first kappa shape index (κ1) is 13.2. The minimum Gasteiger partial charge on any atom is -0.494 e. The van der Waals surface area contributed by atoms with E-state index in [4.69, 9.17) is 15.2 Å². The predicted octanol–water partition coefficient (Wildman–Crippen LogP) is 4.36. The Morgan fingerprint density at radius 1 is 0.905 bits per heavy atom. The van der Waals surface area contributed by atoms with E-state index in [0.717, 1.165) is 10.8 Å². The van der Waals surface area contributed by atoms with Gasteiger partial charge >= 0.3 is 0 Å². The average molecular weight is 283 g/mol. The summed E-state index contributed by atoms with van der Waals surface area (Å²) < 4.78 is 24.4. The molecule has 3 aromatic carbocycles. The van der Waals surface area contributed by atoms with Crippen molar-refractivity contribution < 1.29 is 13.9 Å². The van der Waals surface area contributed by atoms with Crippen LogP contribution in [-0.4, -0.2) is 7.11 Å². The Balaban J connectivity index is 2.07. The summed E-state index contributed by atoms with van der Waals surface area (Å²) in [5, 5.41) is 2.02. The van der Waals surface area contributed by atoms with Gasteiger partial charge in [-0.15, -0.1) is 0 Å². The molecule has 0 aromatic heterocycles. The zero-order valence-corrected chi connectivity index (χ0v) is 11.5. The number of benzene rings is 3. The lowest BCUT2D eigenvalue weighted by Gasteiger charge is -2.12. The molecular weight excluding hydrogens is 269 g/mol. The van der Waals surface area contributed by atoms with Gasteiger partial charge in [0.15, 0.2) is 17.3 Å². The molecule has 0 aliphatic heterocycles. The van der Waals surface area contributed by atoms with Gasteiger partial charge in [-0.1, -0.05) is 36.4 Å². The monoisotopic (exact) mass is 283 g/mol. The third-order valence-corrected chi connectivity index (χ3v) is 3.25. The molecule has 0 bridgehead atoms. The van der Waals surface area contributed by atoms with Gasteiger partial charge in [-0.2, -0.15) is 0 Å². The summed E-state index contributed by atoms with van der Waals surface area (Å²) in [5.41, 5.74) is 6.04. The molecule has 0 atom stereocenters. The molecule has 21 heavy (non-hydrogen) atoms. The highest BCUT2D eigenvalue weighted by molar-refractivity contribution is 5.88. The van der Waals surface area contributed by atoms with Gasteiger partial charge in [0.2, 0.25) is 0 Å². The fraction of sp³-hybridized carbons (Fsp3) is 0.0588. The smallest absolute Gasteiger partial charge is 0.167 e. The van der Waals surface area contributed by atoms with Crippen LogP contribution < -0.4 is 15.2 Å². The maximum absolute atomic E-state index is 13.6. The van der Waals surface area contributed by atoms with Crippen molar-refractivity contribution in [2.45, 2.75) is 0 Å². The van der Waals surface area contributed by atoms with E-state index >= 15 is 0 Å². The third kappa shape index (κ3) is 2.48. The van der Waals surface area contributed by atoms with Crippen LogP contribution in [0.2, 0.25) is 0 Å². The molecule has 0 aliphatic carbocycles. The van der Waals surface area contributed by atoms with E-state index in [0.29, 0.717) is 11.5 Å². The number of nitrogens with two attached hydrogens (primary N) is 1. The first-order chi connectivity index (χ1) is 10.2. The maximum atomic E-state index is 13.6. The van der Waals surface area contributed by atoms with Crippen LogP contribution in [0.4, 0.5) is 10.1 Å². The summed E-state index contributed by atoms with van der Waals surface area (Å²) in [6.45, 7) is 0. The summed E-state index contributed by atoms with van der Waals surface area (Å²) in [4.78, 5) is 0. The molecule has 0 saturated heterocycles. The second-order valence-corrected chi connectivity index (χ2v) is 4.60. The van der Waals surface area contributed by atoms with Crippen molar-refractivity contribution in [3.63, 3.8) is 0 Å². The topological polar surface area (TPSA) is 44.5 Å². The van der Waals surface area contributed by atoms with Gasteiger partial charge in [0.05, 0.1) is 12.8 Å². The summed E-state index contributed by atoms with van der Waals surface area (Å²) in [7, 11) is 1.40. The molecule has 0 aliphatic rings. The van der Waals surface area contributed by atoms with Crippen molar-refractivity contribution in [2.24, 2.45) is 0 Å². The molecule has 3 nitrogen and oxygen atoms in total. The second-order valence-electron chi connectivity index (χ2n) is 4.60. The molecule has 0 spiro atoms. The van der Waals surface area contributed by atoms with Gasteiger partial charge in [0, 0.05) is 17.5 Å². The van der Waals surface area contributed by atoms with E-state index in [1.807, 2.05) is 42.5 Å². The maximum Gasteiger partial charge on any atom is 0.167 e. The summed E-state index contributed by atoms with van der Waals surface area (Å²) >= 11 is 0. The van der Waals surface area contributed by atoms with E-state index in [1.165, 1.54) is 19.2 Å². The van der Waals surface area contributed by atoms with Crippen LogP contribution in [0.25, 0.3) is 10.8 Å². The van der Waals surface area contributed by atoms with Crippen LogP contribution in [0, 0.1) is 5.82 Å². The first-order valence-corrected chi connectivity index (χ1v) is 6.47. The number of methoxy groups -OCH3 is 1. The highest BCUT2D eigenvalue weighted by Crippen LogP contribution is 2.36. The zero-order chi connectivity index (χ0) is 14.8. The van der Waals surface area contributed by atoms with E-state index in [2.05, 4.69) is 0 Å². The Labute approximate surface area is 121 Å². The molecule has 0 saturated carbocycles. The molecule has 0 radical (unpaired) electrons. The molecule has 0 amide bonds. The highest BCUT2D eigenvalue weighted by Gasteiger charge is 2.11. The molecule has 0 unspecified atom stereocenters. The number of halogens is 1. The largest absolute Gasteiger partial charge is 0.494 e. The Bertz CT molecular complexity index is 797. The number of hydrogen-bond acceptors (Lipinski definition) is 3. The summed E-state index contributed by atoms with van der Waals surface area (Å²) in [6, 6.07) is 16.2. The van der Waals surface area contributed by atoms with Crippen molar-refractivity contribution in [2.75, 3.05) is 12.8 Å². The van der Waals surface area contributed by atoms with E-state index in [1.54, 1.807) is 0 Å². The lowest BCUT2D eigenvalue weighted by atomic mass is 10.1. The van der Waals surface area contributed by atoms with Crippen molar-refractivity contribution >= 4 is 16.5 Å². The van der Waals surface area contributed by atoms with Crippen LogP contribution in [0.3, 0.4) is 0 Å². The van der Waals surface area contributed by atoms with Gasteiger partial charge in [0.1, 0.15) is 5.75 Å². The number of anilines is 1. The normalized spacial score (nSPS) is 10.6. The fourth-order valence-electron chi connectivity index (χ4n) is 2.20.